The van der Waals surface area contributed by atoms with Crippen LogP contribution in [0.15, 0.2) is 0 Å². The van der Waals surface area contributed by atoms with Crippen molar-refractivity contribution < 1.29 is 28.4 Å². The van der Waals surface area contributed by atoms with Crippen molar-refractivity contribution in [1.29, 1.82) is 0 Å². The average molecular weight is 300 g/mol. The molecule has 4 fully saturated rings. The lowest BCUT2D eigenvalue weighted by Gasteiger charge is -2.41. The zero-order valence-corrected chi connectivity index (χ0v) is 12.3. The average Bonchev–Trinajstić information content (AvgIpc) is 3.29. The Morgan fingerprint density at radius 2 is 0.810 bits per heavy atom. The summed E-state index contributed by atoms with van der Waals surface area (Å²) in [5, 5.41) is 0. The molecule has 0 aromatic heterocycles. The highest BCUT2D eigenvalue weighted by atomic mass is 16.9. The Morgan fingerprint density at radius 1 is 0.476 bits per heavy atom. The van der Waals surface area contributed by atoms with Gasteiger partial charge in [0.2, 0.25) is 0 Å². The summed E-state index contributed by atoms with van der Waals surface area (Å²) in [6.07, 6.45) is 2.30. The summed E-state index contributed by atoms with van der Waals surface area (Å²) >= 11 is 0. The molecule has 0 unspecified atom stereocenters. The van der Waals surface area contributed by atoms with Crippen LogP contribution in [0.4, 0.5) is 0 Å². The van der Waals surface area contributed by atoms with Gasteiger partial charge >= 0.3 is 0 Å². The molecule has 0 saturated carbocycles. The summed E-state index contributed by atoms with van der Waals surface area (Å²) in [6, 6.07) is 0. The van der Waals surface area contributed by atoms with Crippen molar-refractivity contribution >= 4 is 0 Å². The van der Waals surface area contributed by atoms with E-state index < -0.39 is 0 Å². The summed E-state index contributed by atoms with van der Waals surface area (Å²) < 4.78 is 34.7. The molecule has 3 atom stereocenters. The molecule has 21 heavy (non-hydrogen) atoms. The molecule has 6 heteroatoms. The minimum absolute atomic E-state index is 0.225. The van der Waals surface area contributed by atoms with Gasteiger partial charge in [0.05, 0.1) is 19.8 Å². The van der Waals surface area contributed by atoms with Gasteiger partial charge in [0, 0.05) is 37.6 Å². The normalized spacial score (nSPS) is 48.0. The van der Waals surface area contributed by atoms with Crippen molar-refractivity contribution in [1.82, 2.24) is 0 Å². The summed E-state index contributed by atoms with van der Waals surface area (Å²) in [6.45, 7) is 4.53. The van der Waals surface area contributed by atoms with E-state index in [1.807, 2.05) is 0 Å². The van der Waals surface area contributed by atoms with Crippen LogP contribution in [0.25, 0.3) is 0 Å². The number of hydrogen-bond donors (Lipinski definition) is 0. The quantitative estimate of drug-likeness (QED) is 0.779. The Balaban J connectivity index is 1.45. The highest BCUT2D eigenvalue weighted by Gasteiger charge is 2.44. The van der Waals surface area contributed by atoms with Crippen LogP contribution < -0.4 is 0 Å². The van der Waals surface area contributed by atoms with Crippen molar-refractivity contribution in [2.45, 2.75) is 38.1 Å². The van der Waals surface area contributed by atoms with E-state index in [1.165, 1.54) is 0 Å². The predicted octanol–water partition coefficient (Wildman–Crippen LogP) is 1.14. The highest BCUT2D eigenvalue weighted by molar-refractivity contribution is 4.79. The minimum Gasteiger partial charge on any atom is -0.381 e. The van der Waals surface area contributed by atoms with Crippen LogP contribution in [0, 0.1) is 17.8 Å². The Hall–Kier alpha value is -0.240. The molecule has 120 valence electrons. The molecule has 0 radical (unpaired) electrons. The van der Waals surface area contributed by atoms with E-state index in [1.54, 1.807) is 0 Å². The Labute approximate surface area is 125 Å². The first-order valence-electron chi connectivity index (χ1n) is 8.10. The van der Waals surface area contributed by atoms with Crippen molar-refractivity contribution in [3.8, 4) is 0 Å². The van der Waals surface area contributed by atoms with Crippen LogP contribution >= 0.6 is 0 Å². The number of rotatable bonds is 3. The smallest absolute Gasteiger partial charge is 0.168 e. The molecule has 0 amide bonds. The number of hydrogen-bond acceptors (Lipinski definition) is 6. The monoisotopic (exact) mass is 300 g/mol. The molecule has 4 rings (SSSR count). The van der Waals surface area contributed by atoms with Gasteiger partial charge in [-0.25, -0.2) is 0 Å². The predicted molar refractivity (Wildman–Crippen MR) is 71.4 cm³/mol. The Morgan fingerprint density at radius 3 is 1.05 bits per heavy atom. The molecule has 0 spiro atoms. The standard InChI is InChI=1S/C15H24O6/c1-4-16-7-10(1)13-19-14(11-2-5-17-8-11)21-15(20-13)12-3-6-18-9-12/h10-15H,1-9H2/t10-,11-,12-,13?,14?,15?/m0/s1. The molecule has 0 bridgehead atoms. The van der Waals surface area contributed by atoms with Crippen molar-refractivity contribution in [2.24, 2.45) is 17.8 Å². The van der Waals surface area contributed by atoms with Gasteiger partial charge in [-0.1, -0.05) is 0 Å². The summed E-state index contributed by atoms with van der Waals surface area (Å²) in [4.78, 5) is 0. The van der Waals surface area contributed by atoms with E-state index in [-0.39, 0.29) is 18.9 Å². The van der Waals surface area contributed by atoms with Crippen LogP contribution in [0.2, 0.25) is 0 Å². The zero-order chi connectivity index (χ0) is 14.1. The van der Waals surface area contributed by atoms with E-state index in [4.69, 9.17) is 28.4 Å². The van der Waals surface area contributed by atoms with Crippen LogP contribution in [-0.2, 0) is 28.4 Å². The summed E-state index contributed by atoms with van der Waals surface area (Å²) in [5.74, 6) is 0.927. The van der Waals surface area contributed by atoms with Crippen LogP contribution in [0.5, 0.6) is 0 Å². The molecule has 0 aromatic carbocycles. The second-order valence-corrected chi connectivity index (χ2v) is 6.38. The first-order valence-corrected chi connectivity index (χ1v) is 8.10. The number of ether oxygens (including phenoxy) is 6. The van der Waals surface area contributed by atoms with E-state index in [0.717, 1.165) is 39.1 Å². The molecular formula is C15H24O6. The lowest BCUT2D eigenvalue weighted by molar-refractivity contribution is -0.412. The first kappa shape index (κ1) is 14.4. The van der Waals surface area contributed by atoms with Crippen molar-refractivity contribution in [3.05, 3.63) is 0 Å². The molecule has 0 aliphatic carbocycles. The SMILES string of the molecule is C1C[C@H](C2OC([C@H]3CCOC3)OC([C@H]3CCOC3)O2)CO1. The zero-order valence-electron chi connectivity index (χ0n) is 12.3. The van der Waals surface area contributed by atoms with Gasteiger partial charge in [-0.15, -0.1) is 0 Å². The Bertz CT molecular complexity index is 275. The fourth-order valence-corrected chi connectivity index (χ4v) is 3.46. The maximum absolute atomic E-state index is 6.10. The summed E-state index contributed by atoms with van der Waals surface area (Å²) in [5.41, 5.74) is 0. The van der Waals surface area contributed by atoms with Gasteiger partial charge < -0.3 is 28.4 Å². The third-order valence-corrected chi connectivity index (χ3v) is 4.85. The third-order valence-electron chi connectivity index (χ3n) is 4.85. The molecule has 4 heterocycles. The molecule has 4 saturated heterocycles. The fourth-order valence-electron chi connectivity index (χ4n) is 3.46. The first-order chi connectivity index (χ1) is 10.4. The van der Waals surface area contributed by atoms with Crippen LogP contribution in [0.3, 0.4) is 0 Å². The Kier molecular flexibility index (Phi) is 4.43. The maximum atomic E-state index is 6.10. The lowest BCUT2D eigenvalue weighted by atomic mass is 10.0. The van der Waals surface area contributed by atoms with Crippen LogP contribution in [-0.4, -0.2) is 58.5 Å². The minimum atomic E-state index is -0.225. The maximum Gasteiger partial charge on any atom is 0.168 e. The second kappa shape index (κ2) is 6.48. The topological polar surface area (TPSA) is 55.4 Å². The lowest BCUT2D eigenvalue weighted by Crippen LogP contribution is -2.49. The van der Waals surface area contributed by atoms with Gasteiger partial charge in [-0.05, 0) is 19.3 Å². The van der Waals surface area contributed by atoms with Gasteiger partial charge in [0.25, 0.3) is 0 Å². The molecular weight excluding hydrogens is 276 g/mol. The summed E-state index contributed by atoms with van der Waals surface area (Å²) in [7, 11) is 0. The molecule has 0 N–H and O–H groups in total. The second-order valence-electron chi connectivity index (χ2n) is 6.38. The van der Waals surface area contributed by atoms with E-state index >= 15 is 0 Å². The largest absolute Gasteiger partial charge is 0.381 e. The van der Waals surface area contributed by atoms with E-state index in [9.17, 15) is 0 Å². The van der Waals surface area contributed by atoms with Gasteiger partial charge in [-0.3, -0.25) is 0 Å². The molecule has 4 aliphatic rings. The molecule has 6 nitrogen and oxygen atoms in total. The molecule has 4 aliphatic heterocycles. The van der Waals surface area contributed by atoms with Gasteiger partial charge in [0.15, 0.2) is 18.9 Å². The van der Waals surface area contributed by atoms with E-state index in [2.05, 4.69) is 0 Å². The van der Waals surface area contributed by atoms with Gasteiger partial charge in [-0.2, -0.15) is 0 Å². The fraction of sp³-hybridized carbons (Fsp3) is 1.00. The van der Waals surface area contributed by atoms with Crippen LogP contribution in [0.1, 0.15) is 19.3 Å². The van der Waals surface area contributed by atoms with Crippen molar-refractivity contribution in [2.75, 3.05) is 39.6 Å². The highest BCUT2D eigenvalue weighted by Crippen LogP contribution is 2.35. The van der Waals surface area contributed by atoms with Gasteiger partial charge in [0.1, 0.15) is 0 Å². The molecule has 0 aromatic rings. The van der Waals surface area contributed by atoms with Crippen molar-refractivity contribution in [3.63, 3.8) is 0 Å². The van der Waals surface area contributed by atoms with E-state index in [0.29, 0.717) is 37.6 Å². The third kappa shape index (κ3) is 3.11.